The fraction of sp³-hybridized carbons (Fsp3) is 1.00. The monoisotopic (exact) mass is 324 g/mol. The van der Waals surface area contributed by atoms with Crippen LogP contribution in [0.25, 0.3) is 0 Å². The Labute approximate surface area is 130 Å². The molecule has 0 aromatic carbocycles. The van der Waals surface area contributed by atoms with Gasteiger partial charge in [-0.2, -0.15) is 8.42 Å². The lowest BCUT2D eigenvalue weighted by molar-refractivity contribution is -0.895. The number of hydrogen-bond donors (Lipinski definition) is 2. The van der Waals surface area contributed by atoms with Crippen LogP contribution in [0.5, 0.6) is 0 Å². The van der Waals surface area contributed by atoms with E-state index in [1.807, 2.05) is 14.1 Å². The van der Waals surface area contributed by atoms with Crippen LogP contribution < -0.4 is 0 Å². The highest BCUT2D eigenvalue weighted by Gasteiger charge is 2.30. The number of aliphatic hydroxyl groups excluding tert-OH is 1. The van der Waals surface area contributed by atoms with Crippen LogP contribution in [0.4, 0.5) is 0 Å². The predicted molar refractivity (Wildman–Crippen MR) is 86.5 cm³/mol. The highest BCUT2D eigenvalue weighted by molar-refractivity contribution is 7.86. The van der Waals surface area contributed by atoms with E-state index in [0.717, 1.165) is 13.0 Å². The van der Waals surface area contributed by atoms with Crippen molar-refractivity contribution < 1.29 is 22.6 Å². The Morgan fingerprint density at radius 1 is 1.14 bits per heavy atom. The molecular formula is C15H34NO4S+. The molecule has 0 fully saturated rings. The topological polar surface area (TPSA) is 74.6 Å². The number of aliphatic hydroxyl groups is 1. The van der Waals surface area contributed by atoms with Gasteiger partial charge in [0.15, 0.2) is 0 Å². The lowest BCUT2D eigenvalue weighted by Crippen LogP contribution is -2.49. The summed E-state index contributed by atoms with van der Waals surface area (Å²) in [6.45, 7) is 7.39. The molecule has 0 saturated carbocycles. The summed E-state index contributed by atoms with van der Waals surface area (Å²) in [6.07, 6.45) is 6.02. The van der Waals surface area contributed by atoms with E-state index >= 15 is 0 Å². The average molecular weight is 325 g/mol. The Morgan fingerprint density at radius 3 is 2.14 bits per heavy atom. The Balaban J connectivity index is 4.42. The Kier molecular flexibility index (Phi) is 9.00. The highest BCUT2D eigenvalue weighted by atomic mass is 32.2. The smallest absolute Gasteiger partial charge is 0.297 e. The van der Waals surface area contributed by atoms with Gasteiger partial charge in [-0.05, 0) is 12.3 Å². The normalized spacial score (nSPS) is 17.5. The third-order valence-electron chi connectivity index (χ3n) is 4.08. The average Bonchev–Trinajstić information content (AvgIpc) is 2.31. The molecule has 0 radical (unpaired) electrons. The van der Waals surface area contributed by atoms with Crippen LogP contribution in [0.3, 0.4) is 0 Å². The minimum absolute atomic E-state index is 0.00885. The molecule has 0 aliphatic carbocycles. The Bertz CT molecular complexity index is 381. The van der Waals surface area contributed by atoms with Crippen molar-refractivity contribution in [1.29, 1.82) is 0 Å². The van der Waals surface area contributed by atoms with Gasteiger partial charge in [-0.25, -0.2) is 0 Å². The summed E-state index contributed by atoms with van der Waals surface area (Å²) in [7, 11) is -0.598. The third-order valence-corrected chi connectivity index (χ3v) is 4.92. The lowest BCUT2D eigenvalue weighted by Gasteiger charge is -2.34. The van der Waals surface area contributed by atoms with Crippen molar-refractivity contribution >= 4 is 10.1 Å². The molecule has 0 heterocycles. The van der Waals surface area contributed by atoms with Crippen LogP contribution in [0, 0.1) is 11.8 Å². The van der Waals surface area contributed by atoms with E-state index in [2.05, 4.69) is 20.8 Å². The molecule has 5 nitrogen and oxygen atoms in total. The van der Waals surface area contributed by atoms with Crippen LogP contribution in [0.1, 0.15) is 52.9 Å². The maximum Gasteiger partial charge on any atom is 0.297 e. The molecule has 0 aliphatic heterocycles. The largest absolute Gasteiger partial charge is 0.371 e. The Hall–Kier alpha value is -0.170. The van der Waals surface area contributed by atoms with E-state index in [1.165, 1.54) is 25.7 Å². The summed E-state index contributed by atoms with van der Waals surface area (Å²) >= 11 is 0. The fourth-order valence-corrected chi connectivity index (χ4v) is 3.65. The van der Waals surface area contributed by atoms with Crippen molar-refractivity contribution in [1.82, 2.24) is 0 Å². The van der Waals surface area contributed by atoms with Gasteiger partial charge in [-0.3, -0.25) is 4.55 Å². The molecule has 6 heteroatoms. The first-order valence-corrected chi connectivity index (χ1v) is 9.48. The van der Waals surface area contributed by atoms with Crippen molar-refractivity contribution in [3.8, 4) is 0 Å². The summed E-state index contributed by atoms with van der Waals surface area (Å²) in [6, 6.07) is 0. The molecule has 3 unspecified atom stereocenters. The maximum atomic E-state index is 10.9. The van der Waals surface area contributed by atoms with Crippen LogP contribution in [0.15, 0.2) is 0 Å². The zero-order chi connectivity index (χ0) is 16.7. The number of likely N-dealkylation sites (N-methyl/N-ethyl adjacent to an activating group) is 1. The Morgan fingerprint density at radius 2 is 1.71 bits per heavy atom. The molecule has 0 aliphatic rings. The number of unbranched alkanes of at least 4 members (excludes halogenated alkanes) is 1. The predicted octanol–water partition coefficient (Wildman–Crippen LogP) is 2.51. The van der Waals surface area contributed by atoms with Crippen LogP contribution >= 0.6 is 0 Å². The number of quaternary nitrogens is 1. The molecule has 0 rings (SSSR count). The van der Waals surface area contributed by atoms with Gasteiger partial charge in [0.05, 0.1) is 20.6 Å². The molecule has 0 saturated heterocycles. The second-order valence-corrected chi connectivity index (χ2v) is 8.60. The molecular weight excluding hydrogens is 290 g/mol. The van der Waals surface area contributed by atoms with Gasteiger partial charge in [0.25, 0.3) is 10.1 Å². The van der Waals surface area contributed by atoms with Gasteiger partial charge >= 0.3 is 0 Å². The van der Waals surface area contributed by atoms with Crippen LogP contribution in [-0.2, 0) is 10.1 Å². The molecule has 2 N–H and O–H groups in total. The van der Waals surface area contributed by atoms with E-state index in [4.69, 9.17) is 4.55 Å². The molecule has 0 spiro atoms. The summed E-state index contributed by atoms with van der Waals surface area (Å²) < 4.78 is 31.1. The van der Waals surface area contributed by atoms with E-state index in [1.54, 1.807) is 0 Å². The van der Waals surface area contributed by atoms with Gasteiger partial charge in [0, 0.05) is 5.92 Å². The first-order chi connectivity index (χ1) is 9.51. The van der Waals surface area contributed by atoms with Gasteiger partial charge in [0.2, 0.25) is 5.44 Å². The maximum absolute atomic E-state index is 10.9. The third kappa shape index (κ3) is 9.45. The van der Waals surface area contributed by atoms with Crippen LogP contribution in [0.2, 0.25) is 0 Å². The van der Waals surface area contributed by atoms with E-state index in [-0.39, 0.29) is 6.54 Å². The first kappa shape index (κ1) is 20.8. The van der Waals surface area contributed by atoms with Crippen molar-refractivity contribution in [2.75, 3.05) is 27.2 Å². The van der Waals surface area contributed by atoms with Crippen molar-refractivity contribution in [3.63, 3.8) is 0 Å². The molecule has 0 bridgehead atoms. The standard InChI is InChI=1S/C15H33NO4S/c1-6-8-9-14(7-2)10-13(3)11-16(4,5)12-15(17)21(18,19)20/h13-15,17H,6-12H2,1-5H3/p+1. The first-order valence-electron chi connectivity index (χ1n) is 7.98. The van der Waals surface area contributed by atoms with Gasteiger partial charge in [-0.15, -0.1) is 0 Å². The number of hydrogen-bond acceptors (Lipinski definition) is 3. The fourth-order valence-electron chi connectivity index (χ4n) is 3.06. The zero-order valence-corrected chi connectivity index (χ0v) is 15.1. The molecule has 3 atom stereocenters. The summed E-state index contributed by atoms with van der Waals surface area (Å²) in [5, 5.41) is 9.52. The summed E-state index contributed by atoms with van der Waals surface area (Å²) in [4.78, 5) is 0. The van der Waals surface area contributed by atoms with E-state index < -0.39 is 15.6 Å². The van der Waals surface area contributed by atoms with Gasteiger partial charge in [0.1, 0.15) is 6.54 Å². The van der Waals surface area contributed by atoms with E-state index in [0.29, 0.717) is 16.3 Å². The van der Waals surface area contributed by atoms with Crippen molar-refractivity contribution in [2.24, 2.45) is 11.8 Å². The SMILES string of the molecule is CCCCC(CC)CC(C)C[N+](C)(C)CC(O)S(=O)(=O)O. The minimum Gasteiger partial charge on any atom is -0.371 e. The van der Waals surface area contributed by atoms with Crippen LogP contribution in [-0.4, -0.2) is 55.2 Å². The highest BCUT2D eigenvalue weighted by Crippen LogP contribution is 2.23. The molecule has 0 aromatic rings. The number of rotatable bonds is 11. The number of nitrogens with zero attached hydrogens (tertiary/aromatic N) is 1. The lowest BCUT2D eigenvalue weighted by atomic mass is 9.89. The summed E-state index contributed by atoms with van der Waals surface area (Å²) in [5.41, 5.74) is -1.71. The second-order valence-electron chi connectivity index (χ2n) is 7.03. The minimum atomic E-state index is -4.37. The molecule has 128 valence electrons. The van der Waals surface area contributed by atoms with Gasteiger partial charge < -0.3 is 9.59 Å². The summed E-state index contributed by atoms with van der Waals surface area (Å²) in [5.74, 6) is 1.17. The van der Waals surface area contributed by atoms with Crippen molar-refractivity contribution in [3.05, 3.63) is 0 Å². The zero-order valence-electron chi connectivity index (χ0n) is 14.2. The molecule has 0 amide bonds. The van der Waals surface area contributed by atoms with Crippen molar-refractivity contribution in [2.45, 2.75) is 58.3 Å². The van der Waals surface area contributed by atoms with Gasteiger partial charge in [-0.1, -0.05) is 46.5 Å². The quantitative estimate of drug-likeness (QED) is 0.452. The molecule has 0 aromatic heterocycles. The molecule has 21 heavy (non-hydrogen) atoms. The second kappa shape index (κ2) is 9.08. The van der Waals surface area contributed by atoms with E-state index in [9.17, 15) is 13.5 Å².